The Hall–Kier alpha value is -1.50. The Bertz CT molecular complexity index is 347. The number of aromatic amines is 1. The van der Waals surface area contributed by atoms with Crippen molar-refractivity contribution in [3.8, 4) is 0 Å². The molecule has 0 bridgehead atoms. The van der Waals surface area contributed by atoms with Gasteiger partial charge in [0.15, 0.2) is 0 Å². The summed E-state index contributed by atoms with van der Waals surface area (Å²) in [5.41, 5.74) is 3.76. The molecule has 74 valence electrons. The number of hydrogen-bond donors (Lipinski definition) is 1. The summed E-state index contributed by atoms with van der Waals surface area (Å²) in [6, 6.07) is 2.07. The van der Waals surface area contributed by atoms with Gasteiger partial charge in [-0.1, -0.05) is 29.9 Å². The largest absolute Gasteiger partial charge is 0.367 e. The molecule has 1 heterocycles. The molecular formula is C13H17N. The van der Waals surface area contributed by atoms with Crippen LogP contribution in [0, 0.1) is 0 Å². The second kappa shape index (κ2) is 5.28. The molecule has 0 saturated heterocycles. The normalized spacial score (nSPS) is 12.1. The van der Waals surface area contributed by atoms with Crippen LogP contribution in [-0.4, -0.2) is 4.98 Å². The van der Waals surface area contributed by atoms with Gasteiger partial charge in [-0.05, 0) is 38.0 Å². The molecule has 0 atom stereocenters. The Labute approximate surface area is 85.9 Å². The topological polar surface area (TPSA) is 15.8 Å². The zero-order valence-corrected chi connectivity index (χ0v) is 9.04. The van der Waals surface area contributed by atoms with E-state index < -0.39 is 0 Å². The predicted octanol–water partition coefficient (Wildman–Crippen LogP) is 3.94. The first-order valence-corrected chi connectivity index (χ1v) is 4.85. The van der Waals surface area contributed by atoms with Gasteiger partial charge in [0.05, 0.1) is 0 Å². The Kier molecular flexibility index (Phi) is 3.99. The molecule has 14 heavy (non-hydrogen) atoms. The summed E-state index contributed by atoms with van der Waals surface area (Å²) >= 11 is 0. The van der Waals surface area contributed by atoms with Crippen molar-refractivity contribution in [1.29, 1.82) is 0 Å². The van der Waals surface area contributed by atoms with Gasteiger partial charge in [0.1, 0.15) is 0 Å². The van der Waals surface area contributed by atoms with Gasteiger partial charge in [0.2, 0.25) is 0 Å². The van der Waals surface area contributed by atoms with Gasteiger partial charge < -0.3 is 4.98 Å². The number of nitrogens with one attached hydrogen (secondary N) is 1. The van der Waals surface area contributed by atoms with E-state index in [-0.39, 0.29) is 0 Å². The van der Waals surface area contributed by atoms with E-state index in [1.165, 1.54) is 16.7 Å². The minimum atomic E-state index is 1.22. The molecule has 0 aliphatic rings. The highest BCUT2D eigenvalue weighted by atomic mass is 14.6. The summed E-state index contributed by atoms with van der Waals surface area (Å²) in [7, 11) is 0. The van der Waals surface area contributed by atoms with Crippen molar-refractivity contribution in [3.63, 3.8) is 0 Å². The van der Waals surface area contributed by atoms with Crippen LogP contribution in [0.1, 0.15) is 26.3 Å². The third-order valence-corrected chi connectivity index (χ3v) is 1.87. The van der Waals surface area contributed by atoms with E-state index in [1.54, 1.807) is 0 Å². The number of allylic oxidation sites excluding steroid dienone is 6. The molecule has 0 saturated carbocycles. The van der Waals surface area contributed by atoms with Crippen molar-refractivity contribution in [1.82, 2.24) is 4.98 Å². The zero-order valence-electron chi connectivity index (χ0n) is 9.04. The lowest BCUT2D eigenvalue weighted by Crippen LogP contribution is -1.75. The van der Waals surface area contributed by atoms with Crippen LogP contribution in [0.2, 0.25) is 0 Å². The molecule has 0 amide bonds. The van der Waals surface area contributed by atoms with E-state index in [2.05, 4.69) is 49.2 Å². The maximum atomic E-state index is 3.06. The standard InChI is InChI=1S/C13H17N/c1-4-5-12(7-6-11(2)3)13-8-9-14-10-13/h4-10,14H,1-3H3/b5-4-,12-7+. The lowest BCUT2D eigenvalue weighted by atomic mass is 10.1. The van der Waals surface area contributed by atoms with Gasteiger partial charge in [0.25, 0.3) is 0 Å². The van der Waals surface area contributed by atoms with Crippen LogP contribution in [0.5, 0.6) is 0 Å². The third kappa shape index (κ3) is 3.09. The van der Waals surface area contributed by atoms with Gasteiger partial charge in [-0.2, -0.15) is 0 Å². The lowest BCUT2D eigenvalue weighted by Gasteiger charge is -1.96. The van der Waals surface area contributed by atoms with Crippen molar-refractivity contribution >= 4 is 5.57 Å². The fourth-order valence-electron chi connectivity index (χ4n) is 1.19. The van der Waals surface area contributed by atoms with Crippen molar-refractivity contribution < 1.29 is 0 Å². The molecular weight excluding hydrogens is 170 g/mol. The fourth-order valence-corrected chi connectivity index (χ4v) is 1.19. The molecule has 1 rings (SSSR count). The maximum Gasteiger partial charge on any atom is 0.00841 e. The van der Waals surface area contributed by atoms with Gasteiger partial charge in [-0.25, -0.2) is 0 Å². The summed E-state index contributed by atoms with van der Waals surface area (Å²) < 4.78 is 0. The Morgan fingerprint density at radius 3 is 2.57 bits per heavy atom. The molecule has 0 radical (unpaired) electrons. The van der Waals surface area contributed by atoms with Gasteiger partial charge >= 0.3 is 0 Å². The fraction of sp³-hybridized carbons (Fsp3) is 0.231. The minimum absolute atomic E-state index is 1.22. The van der Waals surface area contributed by atoms with Gasteiger partial charge in [0, 0.05) is 12.4 Å². The van der Waals surface area contributed by atoms with Gasteiger partial charge in [-0.3, -0.25) is 0 Å². The molecule has 1 aromatic heterocycles. The van der Waals surface area contributed by atoms with Crippen molar-refractivity contribution in [3.05, 3.63) is 53.9 Å². The van der Waals surface area contributed by atoms with Crippen LogP contribution in [0.3, 0.4) is 0 Å². The molecule has 0 fully saturated rings. The number of aromatic nitrogens is 1. The molecule has 1 N–H and O–H groups in total. The number of hydrogen-bond acceptors (Lipinski definition) is 0. The maximum absolute atomic E-state index is 3.06. The van der Waals surface area contributed by atoms with Crippen LogP contribution in [0.4, 0.5) is 0 Å². The third-order valence-electron chi connectivity index (χ3n) is 1.87. The Balaban J connectivity index is 2.96. The zero-order chi connectivity index (χ0) is 10.4. The highest BCUT2D eigenvalue weighted by Crippen LogP contribution is 2.15. The van der Waals surface area contributed by atoms with E-state index in [0.29, 0.717) is 0 Å². The highest BCUT2D eigenvalue weighted by molar-refractivity contribution is 5.74. The number of H-pyrrole nitrogens is 1. The Morgan fingerprint density at radius 2 is 2.07 bits per heavy atom. The first-order valence-electron chi connectivity index (χ1n) is 4.85. The summed E-state index contributed by atoms with van der Waals surface area (Å²) in [6.45, 7) is 6.23. The lowest BCUT2D eigenvalue weighted by molar-refractivity contribution is 1.39. The van der Waals surface area contributed by atoms with Crippen molar-refractivity contribution in [2.75, 3.05) is 0 Å². The summed E-state index contributed by atoms with van der Waals surface area (Å²) in [6.07, 6.45) is 12.4. The van der Waals surface area contributed by atoms with Crippen LogP contribution < -0.4 is 0 Å². The van der Waals surface area contributed by atoms with E-state index in [4.69, 9.17) is 0 Å². The molecule has 1 heteroatoms. The molecule has 1 nitrogen and oxygen atoms in total. The number of rotatable bonds is 3. The quantitative estimate of drug-likeness (QED) is 0.690. The average Bonchev–Trinajstić information content (AvgIpc) is 2.64. The molecule has 0 unspecified atom stereocenters. The van der Waals surface area contributed by atoms with Crippen LogP contribution in [0.25, 0.3) is 5.57 Å². The molecule has 1 aromatic rings. The second-order valence-electron chi connectivity index (χ2n) is 3.47. The first-order chi connectivity index (χ1) is 6.74. The monoisotopic (exact) mass is 187 g/mol. The first kappa shape index (κ1) is 10.6. The predicted molar refractivity (Wildman–Crippen MR) is 63.0 cm³/mol. The summed E-state index contributed by atoms with van der Waals surface area (Å²) in [5, 5.41) is 0. The average molecular weight is 187 g/mol. The van der Waals surface area contributed by atoms with Crippen molar-refractivity contribution in [2.45, 2.75) is 20.8 Å². The van der Waals surface area contributed by atoms with E-state index in [0.717, 1.165) is 0 Å². The minimum Gasteiger partial charge on any atom is -0.367 e. The summed E-state index contributed by atoms with van der Waals surface area (Å²) in [5.74, 6) is 0. The van der Waals surface area contributed by atoms with E-state index in [1.807, 2.05) is 19.3 Å². The smallest absolute Gasteiger partial charge is 0.00841 e. The summed E-state index contributed by atoms with van der Waals surface area (Å²) in [4.78, 5) is 3.06. The highest BCUT2D eigenvalue weighted by Gasteiger charge is 1.95. The van der Waals surface area contributed by atoms with Crippen LogP contribution >= 0.6 is 0 Å². The molecule has 0 spiro atoms. The molecule has 0 aliphatic carbocycles. The molecule has 0 aliphatic heterocycles. The second-order valence-corrected chi connectivity index (χ2v) is 3.47. The van der Waals surface area contributed by atoms with Crippen LogP contribution in [-0.2, 0) is 0 Å². The van der Waals surface area contributed by atoms with E-state index >= 15 is 0 Å². The van der Waals surface area contributed by atoms with Crippen LogP contribution in [0.15, 0.2) is 48.3 Å². The van der Waals surface area contributed by atoms with Crippen molar-refractivity contribution in [2.24, 2.45) is 0 Å². The SMILES string of the molecule is C/C=C\C(=C/C=C(C)C)c1cc[nH]c1. The Morgan fingerprint density at radius 1 is 1.29 bits per heavy atom. The van der Waals surface area contributed by atoms with Gasteiger partial charge in [-0.15, -0.1) is 0 Å². The molecule has 0 aromatic carbocycles. The van der Waals surface area contributed by atoms with E-state index in [9.17, 15) is 0 Å².